The van der Waals surface area contributed by atoms with Crippen LogP contribution < -0.4 is 5.32 Å². The molecule has 0 atom stereocenters. The molecule has 1 heterocycles. The maximum atomic E-state index is 13.7. The van der Waals surface area contributed by atoms with E-state index in [0.29, 0.717) is 6.54 Å². The van der Waals surface area contributed by atoms with Gasteiger partial charge in [-0.05, 0) is 12.1 Å². The Hall–Kier alpha value is -2.28. The van der Waals surface area contributed by atoms with Crippen molar-refractivity contribution in [2.45, 2.75) is 13.8 Å². The number of carbonyl (C=O) groups excluding carboxylic acids is 1. The number of hydrogen-bond acceptors (Lipinski definition) is 3. The normalized spacial score (nSPS) is 11.5. The minimum absolute atomic E-state index is 0.0520. The minimum atomic E-state index is -0.767. The first-order valence-corrected chi connectivity index (χ1v) is 6.71. The van der Waals surface area contributed by atoms with Gasteiger partial charge in [0.1, 0.15) is 11.5 Å². The van der Waals surface area contributed by atoms with Gasteiger partial charge in [0.2, 0.25) is 0 Å². The van der Waals surface area contributed by atoms with Crippen molar-refractivity contribution in [2.75, 3.05) is 13.2 Å². The predicted octanol–water partition coefficient (Wildman–Crippen LogP) is 1.90. The highest BCUT2D eigenvalue weighted by Gasteiger charge is 2.19. The number of amides is 1. The summed E-state index contributed by atoms with van der Waals surface area (Å²) in [5.41, 5.74) is -0.136. The lowest BCUT2D eigenvalue weighted by Gasteiger charge is -2.21. The van der Waals surface area contributed by atoms with Gasteiger partial charge in [0, 0.05) is 30.8 Å². The number of benzene rings is 1. The lowest BCUT2D eigenvalue weighted by Crippen LogP contribution is -2.35. The molecule has 0 saturated carbocycles. The van der Waals surface area contributed by atoms with E-state index in [0.717, 1.165) is 12.1 Å². The second-order valence-electron chi connectivity index (χ2n) is 5.77. The number of aromatic nitrogens is 2. The van der Waals surface area contributed by atoms with E-state index in [1.807, 2.05) is 13.8 Å². The van der Waals surface area contributed by atoms with Crippen LogP contribution in [0.4, 0.5) is 8.78 Å². The van der Waals surface area contributed by atoms with E-state index in [-0.39, 0.29) is 23.8 Å². The lowest BCUT2D eigenvalue weighted by atomic mass is 9.95. The molecular weight excluding hydrogens is 292 g/mol. The number of carbonyl (C=O) groups is 1. The molecule has 0 unspecified atom stereocenters. The number of rotatable bonds is 5. The average molecular weight is 309 g/mol. The molecule has 2 rings (SSSR count). The van der Waals surface area contributed by atoms with Crippen LogP contribution in [0.25, 0.3) is 5.69 Å². The molecule has 0 saturated heterocycles. The Bertz CT molecular complexity index is 683. The summed E-state index contributed by atoms with van der Waals surface area (Å²) in [4.78, 5) is 12.0. The SMILES string of the molecule is CC(C)(CO)CNC(=O)c1cnn(-c2ccc(F)cc2F)c1. The van der Waals surface area contributed by atoms with Crippen LogP contribution in [0.15, 0.2) is 30.6 Å². The van der Waals surface area contributed by atoms with Gasteiger partial charge in [0.15, 0.2) is 5.82 Å². The molecule has 2 aromatic rings. The molecule has 0 fully saturated rings. The molecular formula is C15H17F2N3O2. The molecule has 1 amide bonds. The van der Waals surface area contributed by atoms with Gasteiger partial charge in [-0.25, -0.2) is 13.5 Å². The smallest absolute Gasteiger partial charge is 0.254 e. The summed E-state index contributed by atoms with van der Waals surface area (Å²) in [6.07, 6.45) is 2.65. The molecule has 0 aliphatic carbocycles. The average Bonchev–Trinajstić information content (AvgIpc) is 2.94. The zero-order valence-corrected chi connectivity index (χ0v) is 12.3. The van der Waals surface area contributed by atoms with Crippen LogP contribution in [0, 0.1) is 17.0 Å². The van der Waals surface area contributed by atoms with E-state index in [9.17, 15) is 13.6 Å². The fourth-order valence-corrected chi connectivity index (χ4v) is 1.72. The number of hydrogen-bond donors (Lipinski definition) is 2. The molecule has 0 radical (unpaired) electrons. The molecule has 0 aliphatic rings. The van der Waals surface area contributed by atoms with Crippen molar-refractivity contribution in [3.63, 3.8) is 0 Å². The van der Waals surface area contributed by atoms with Crippen molar-refractivity contribution >= 4 is 5.91 Å². The van der Waals surface area contributed by atoms with Gasteiger partial charge >= 0.3 is 0 Å². The van der Waals surface area contributed by atoms with E-state index >= 15 is 0 Å². The summed E-state index contributed by atoms with van der Waals surface area (Å²) < 4.78 is 27.7. The van der Waals surface area contributed by atoms with Crippen LogP contribution in [0.1, 0.15) is 24.2 Å². The van der Waals surface area contributed by atoms with Crippen molar-refractivity contribution in [1.82, 2.24) is 15.1 Å². The number of aliphatic hydroxyl groups is 1. The van der Waals surface area contributed by atoms with Crippen LogP contribution in [0.5, 0.6) is 0 Å². The monoisotopic (exact) mass is 309 g/mol. The first-order valence-electron chi connectivity index (χ1n) is 6.71. The highest BCUT2D eigenvalue weighted by atomic mass is 19.1. The third-order valence-corrected chi connectivity index (χ3v) is 3.16. The fourth-order valence-electron chi connectivity index (χ4n) is 1.72. The summed E-state index contributed by atoms with van der Waals surface area (Å²) >= 11 is 0. The Labute approximate surface area is 126 Å². The minimum Gasteiger partial charge on any atom is -0.396 e. The van der Waals surface area contributed by atoms with E-state index in [2.05, 4.69) is 10.4 Å². The topological polar surface area (TPSA) is 67.2 Å². The molecule has 0 bridgehead atoms. The fraction of sp³-hybridized carbons (Fsp3) is 0.333. The van der Waals surface area contributed by atoms with Crippen LogP contribution >= 0.6 is 0 Å². The third kappa shape index (κ3) is 3.67. The lowest BCUT2D eigenvalue weighted by molar-refractivity contribution is 0.0911. The standard InChI is InChI=1S/C15H17F2N3O2/c1-15(2,9-21)8-18-14(22)10-6-19-20(7-10)13-4-3-11(16)5-12(13)17/h3-7,21H,8-9H2,1-2H3,(H,18,22). The van der Waals surface area contributed by atoms with Crippen LogP contribution in [-0.4, -0.2) is 33.9 Å². The number of nitrogens with zero attached hydrogens (tertiary/aromatic N) is 2. The van der Waals surface area contributed by atoms with E-state index in [4.69, 9.17) is 5.11 Å². The van der Waals surface area contributed by atoms with Crippen molar-refractivity contribution < 1.29 is 18.7 Å². The highest BCUT2D eigenvalue weighted by Crippen LogP contribution is 2.15. The maximum Gasteiger partial charge on any atom is 0.254 e. The van der Waals surface area contributed by atoms with Crippen LogP contribution in [0.2, 0.25) is 0 Å². The van der Waals surface area contributed by atoms with Crippen LogP contribution in [-0.2, 0) is 0 Å². The Morgan fingerprint density at radius 1 is 1.41 bits per heavy atom. The van der Waals surface area contributed by atoms with Gasteiger partial charge < -0.3 is 10.4 Å². The van der Waals surface area contributed by atoms with E-state index < -0.39 is 17.0 Å². The molecule has 2 N–H and O–H groups in total. The summed E-state index contributed by atoms with van der Waals surface area (Å²) in [6, 6.07) is 3.11. The Morgan fingerprint density at radius 3 is 2.77 bits per heavy atom. The Morgan fingerprint density at radius 2 is 2.14 bits per heavy atom. The van der Waals surface area contributed by atoms with E-state index in [1.54, 1.807) is 0 Å². The molecule has 118 valence electrons. The largest absolute Gasteiger partial charge is 0.396 e. The molecule has 22 heavy (non-hydrogen) atoms. The van der Waals surface area contributed by atoms with Gasteiger partial charge in [-0.15, -0.1) is 0 Å². The number of aliphatic hydroxyl groups excluding tert-OH is 1. The van der Waals surface area contributed by atoms with Crippen molar-refractivity contribution in [3.8, 4) is 5.69 Å². The Kier molecular flexibility index (Phi) is 4.56. The first kappa shape index (κ1) is 16.1. The van der Waals surface area contributed by atoms with Gasteiger partial charge in [-0.1, -0.05) is 13.8 Å². The highest BCUT2D eigenvalue weighted by molar-refractivity contribution is 5.93. The quantitative estimate of drug-likeness (QED) is 0.886. The van der Waals surface area contributed by atoms with Crippen LogP contribution in [0.3, 0.4) is 0 Å². The van der Waals surface area contributed by atoms with E-state index in [1.165, 1.54) is 23.1 Å². The number of halogens is 2. The van der Waals surface area contributed by atoms with Crippen molar-refractivity contribution in [1.29, 1.82) is 0 Å². The molecule has 1 aromatic heterocycles. The predicted molar refractivity (Wildman–Crippen MR) is 76.7 cm³/mol. The molecule has 5 nitrogen and oxygen atoms in total. The van der Waals surface area contributed by atoms with Gasteiger partial charge in [0.25, 0.3) is 5.91 Å². The van der Waals surface area contributed by atoms with Crippen molar-refractivity contribution in [2.24, 2.45) is 5.41 Å². The van der Waals surface area contributed by atoms with Gasteiger partial charge in [-0.2, -0.15) is 5.10 Å². The summed E-state index contributed by atoms with van der Waals surface area (Å²) in [6.45, 7) is 3.85. The second-order valence-corrected chi connectivity index (χ2v) is 5.77. The summed E-state index contributed by atoms with van der Waals surface area (Å²) in [5.74, 6) is -1.83. The number of nitrogens with one attached hydrogen (secondary N) is 1. The van der Waals surface area contributed by atoms with Gasteiger partial charge in [-0.3, -0.25) is 4.79 Å². The van der Waals surface area contributed by atoms with Gasteiger partial charge in [0.05, 0.1) is 11.8 Å². The molecule has 7 heteroatoms. The molecule has 0 aliphatic heterocycles. The van der Waals surface area contributed by atoms with Crippen molar-refractivity contribution in [3.05, 3.63) is 47.8 Å². The zero-order valence-electron chi connectivity index (χ0n) is 12.3. The maximum absolute atomic E-state index is 13.7. The molecule has 1 aromatic carbocycles. The Balaban J connectivity index is 2.12. The summed E-state index contributed by atoms with van der Waals surface area (Å²) in [7, 11) is 0. The zero-order chi connectivity index (χ0) is 16.3. The first-order chi connectivity index (χ1) is 10.3. The third-order valence-electron chi connectivity index (χ3n) is 3.16. The summed E-state index contributed by atoms with van der Waals surface area (Å²) in [5, 5.41) is 15.7. The second kappa shape index (κ2) is 6.23. The molecule has 0 spiro atoms.